The second-order valence-corrected chi connectivity index (χ2v) is 7.30. The summed E-state index contributed by atoms with van der Waals surface area (Å²) in [5, 5.41) is 2.67. The van der Waals surface area contributed by atoms with Gasteiger partial charge >= 0.3 is 0 Å². The fourth-order valence-corrected chi connectivity index (χ4v) is 3.48. The van der Waals surface area contributed by atoms with Crippen molar-refractivity contribution in [3.8, 4) is 0 Å². The van der Waals surface area contributed by atoms with E-state index >= 15 is 0 Å². The lowest BCUT2D eigenvalue weighted by Gasteiger charge is -2.23. The molecule has 1 fully saturated rings. The van der Waals surface area contributed by atoms with Crippen LogP contribution in [0.25, 0.3) is 0 Å². The Bertz CT molecular complexity index is 871. The molecule has 2 atom stereocenters. The number of carbonyl (C=O) groups is 2. The van der Waals surface area contributed by atoms with Gasteiger partial charge in [-0.1, -0.05) is 43.6 Å². The average molecular weight is 389 g/mol. The molecule has 0 bridgehead atoms. The van der Waals surface area contributed by atoms with Gasteiger partial charge in [0.1, 0.15) is 5.82 Å². The van der Waals surface area contributed by atoms with Crippen molar-refractivity contribution in [1.82, 2.24) is 0 Å². The second kappa shape index (κ2) is 8.09. The third kappa shape index (κ3) is 4.14. The molecule has 0 radical (unpaired) electrons. The zero-order chi connectivity index (χ0) is 19.6. The maximum atomic E-state index is 13.3. The molecule has 1 aliphatic heterocycles. The molecule has 0 saturated carbocycles. The van der Waals surface area contributed by atoms with Gasteiger partial charge < -0.3 is 10.2 Å². The summed E-state index contributed by atoms with van der Waals surface area (Å²) in [6.45, 7) is 4.56. The third-order valence-corrected chi connectivity index (χ3v) is 5.34. The molecule has 4 nitrogen and oxygen atoms in total. The topological polar surface area (TPSA) is 49.4 Å². The van der Waals surface area contributed by atoms with Crippen molar-refractivity contribution >= 4 is 34.8 Å². The van der Waals surface area contributed by atoms with Crippen molar-refractivity contribution in [2.45, 2.75) is 32.6 Å². The van der Waals surface area contributed by atoms with Gasteiger partial charge in [0.15, 0.2) is 0 Å². The highest BCUT2D eigenvalue weighted by Crippen LogP contribution is 2.33. The van der Waals surface area contributed by atoms with Crippen molar-refractivity contribution in [2.75, 3.05) is 16.8 Å². The number of nitrogens with zero attached hydrogens (tertiary/aromatic N) is 1. The number of hydrogen-bond acceptors (Lipinski definition) is 2. The highest BCUT2D eigenvalue weighted by atomic mass is 35.5. The maximum Gasteiger partial charge on any atom is 0.229 e. The molecule has 2 aromatic rings. The van der Waals surface area contributed by atoms with Gasteiger partial charge in [-0.15, -0.1) is 0 Å². The van der Waals surface area contributed by atoms with Crippen molar-refractivity contribution in [1.29, 1.82) is 0 Å². The minimum Gasteiger partial charge on any atom is -0.326 e. The molecule has 1 N–H and O–H groups in total. The second-order valence-electron chi connectivity index (χ2n) is 6.89. The molecule has 0 aromatic heterocycles. The molecule has 3 rings (SSSR count). The molecule has 1 aliphatic rings. The van der Waals surface area contributed by atoms with Crippen LogP contribution in [-0.4, -0.2) is 18.4 Å². The Hall–Kier alpha value is -2.40. The molecule has 0 aliphatic carbocycles. The summed E-state index contributed by atoms with van der Waals surface area (Å²) in [7, 11) is 0. The van der Waals surface area contributed by atoms with E-state index in [1.165, 1.54) is 18.2 Å². The molecule has 0 spiro atoms. The van der Waals surface area contributed by atoms with Crippen LogP contribution in [0.4, 0.5) is 15.8 Å². The van der Waals surface area contributed by atoms with E-state index in [1.807, 2.05) is 24.3 Å². The summed E-state index contributed by atoms with van der Waals surface area (Å²) >= 11 is 5.76. The number of halogens is 2. The van der Waals surface area contributed by atoms with Crippen molar-refractivity contribution in [3.05, 3.63) is 58.9 Å². The van der Waals surface area contributed by atoms with E-state index in [0.717, 1.165) is 17.7 Å². The first-order valence-electron chi connectivity index (χ1n) is 9.06. The Morgan fingerprint density at radius 3 is 2.78 bits per heavy atom. The maximum absolute atomic E-state index is 13.3. The van der Waals surface area contributed by atoms with Gasteiger partial charge in [-0.3, -0.25) is 9.59 Å². The van der Waals surface area contributed by atoms with E-state index < -0.39 is 11.7 Å². The minimum atomic E-state index is -0.543. The molecule has 142 valence electrons. The first kappa shape index (κ1) is 19.4. The number of para-hydroxylation sites is 1. The van der Waals surface area contributed by atoms with Gasteiger partial charge in [0, 0.05) is 24.3 Å². The quantitative estimate of drug-likeness (QED) is 0.784. The van der Waals surface area contributed by atoms with Crippen LogP contribution >= 0.6 is 11.6 Å². The number of anilines is 2. The lowest BCUT2D eigenvalue weighted by atomic mass is 9.96. The predicted molar refractivity (Wildman–Crippen MR) is 106 cm³/mol. The SMILES string of the molecule is CC[C@@H](C)c1ccccc1N1C[C@@H](C(=O)Nc2ccc(F)c(Cl)c2)CC1=O. The Labute approximate surface area is 163 Å². The van der Waals surface area contributed by atoms with Gasteiger partial charge in [-0.25, -0.2) is 4.39 Å². The molecule has 6 heteroatoms. The first-order valence-corrected chi connectivity index (χ1v) is 9.43. The van der Waals surface area contributed by atoms with Gasteiger partial charge in [-0.05, 0) is 42.2 Å². The first-order chi connectivity index (χ1) is 12.9. The fourth-order valence-electron chi connectivity index (χ4n) is 3.30. The van der Waals surface area contributed by atoms with E-state index in [9.17, 15) is 14.0 Å². The van der Waals surface area contributed by atoms with Crippen LogP contribution in [0.5, 0.6) is 0 Å². The summed E-state index contributed by atoms with van der Waals surface area (Å²) in [6.07, 6.45) is 1.11. The summed E-state index contributed by atoms with van der Waals surface area (Å²) in [4.78, 5) is 26.9. The Kier molecular flexibility index (Phi) is 5.80. The van der Waals surface area contributed by atoms with E-state index in [-0.39, 0.29) is 23.3 Å². The predicted octanol–water partition coefficient (Wildman–Crippen LogP) is 4.98. The van der Waals surface area contributed by atoms with Crippen LogP contribution in [0, 0.1) is 11.7 Å². The fraction of sp³-hybridized carbons (Fsp3) is 0.333. The standard InChI is InChI=1S/C21H22ClFN2O2/c1-3-13(2)16-6-4-5-7-19(16)25-12-14(10-20(25)26)21(27)24-15-8-9-18(23)17(22)11-15/h4-9,11,13-14H,3,10,12H2,1-2H3,(H,24,27)/t13-,14+/m1/s1. The van der Waals surface area contributed by atoms with Gasteiger partial charge in [0.2, 0.25) is 11.8 Å². The van der Waals surface area contributed by atoms with Crippen LogP contribution in [0.1, 0.15) is 38.2 Å². The van der Waals surface area contributed by atoms with Gasteiger partial charge in [-0.2, -0.15) is 0 Å². The molecule has 2 amide bonds. The summed E-state index contributed by atoms with van der Waals surface area (Å²) in [5.41, 5.74) is 2.40. The monoisotopic (exact) mass is 388 g/mol. The van der Waals surface area contributed by atoms with E-state index in [2.05, 4.69) is 19.2 Å². The normalized spacial score (nSPS) is 17.9. The molecule has 1 heterocycles. The van der Waals surface area contributed by atoms with Crippen LogP contribution < -0.4 is 10.2 Å². The van der Waals surface area contributed by atoms with E-state index in [1.54, 1.807) is 4.90 Å². The Balaban J connectivity index is 1.75. The number of hydrogen-bond donors (Lipinski definition) is 1. The molecule has 27 heavy (non-hydrogen) atoms. The van der Waals surface area contributed by atoms with Gasteiger partial charge in [0.25, 0.3) is 0 Å². The number of carbonyl (C=O) groups excluding carboxylic acids is 2. The minimum absolute atomic E-state index is 0.0561. The number of nitrogens with one attached hydrogen (secondary N) is 1. The number of amides is 2. The zero-order valence-electron chi connectivity index (χ0n) is 15.3. The largest absolute Gasteiger partial charge is 0.326 e. The number of benzene rings is 2. The Morgan fingerprint density at radius 1 is 1.33 bits per heavy atom. The third-order valence-electron chi connectivity index (χ3n) is 5.05. The van der Waals surface area contributed by atoms with Crippen LogP contribution in [0.3, 0.4) is 0 Å². The van der Waals surface area contributed by atoms with Gasteiger partial charge in [0.05, 0.1) is 10.9 Å². The molecule has 1 saturated heterocycles. The average Bonchev–Trinajstić information content (AvgIpc) is 3.06. The summed E-state index contributed by atoms with van der Waals surface area (Å²) < 4.78 is 13.3. The molecular weight excluding hydrogens is 367 g/mol. The Morgan fingerprint density at radius 2 is 2.07 bits per heavy atom. The number of rotatable bonds is 5. The molecule has 2 aromatic carbocycles. The smallest absolute Gasteiger partial charge is 0.229 e. The molecular formula is C21H22ClFN2O2. The molecule has 0 unspecified atom stereocenters. The van der Waals surface area contributed by atoms with Crippen molar-refractivity contribution < 1.29 is 14.0 Å². The van der Waals surface area contributed by atoms with E-state index in [4.69, 9.17) is 11.6 Å². The van der Waals surface area contributed by atoms with Crippen LogP contribution in [-0.2, 0) is 9.59 Å². The highest BCUT2D eigenvalue weighted by molar-refractivity contribution is 6.31. The van der Waals surface area contributed by atoms with Crippen molar-refractivity contribution in [2.24, 2.45) is 5.92 Å². The summed E-state index contributed by atoms with van der Waals surface area (Å²) in [6, 6.07) is 11.8. The lowest BCUT2D eigenvalue weighted by molar-refractivity contribution is -0.122. The lowest BCUT2D eigenvalue weighted by Crippen LogP contribution is -2.29. The summed E-state index contributed by atoms with van der Waals surface area (Å²) in [5.74, 6) is -1.02. The zero-order valence-corrected chi connectivity index (χ0v) is 16.1. The van der Waals surface area contributed by atoms with Crippen molar-refractivity contribution in [3.63, 3.8) is 0 Å². The highest BCUT2D eigenvalue weighted by Gasteiger charge is 2.36. The van der Waals surface area contributed by atoms with Crippen LogP contribution in [0.15, 0.2) is 42.5 Å². The van der Waals surface area contributed by atoms with Crippen LogP contribution in [0.2, 0.25) is 5.02 Å². The van der Waals surface area contributed by atoms with E-state index in [0.29, 0.717) is 18.2 Å².